The molecule has 1 aromatic carbocycles. The van der Waals surface area contributed by atoms with E-state index in [0.717, 1.165) is 25.0 Å². The number of hydrogen-bond acceptors (Lipinski definition) is 4. The lowest BCUT2D eigenvalue weighted by molar-refractivity contribution is -0.125. The van der Waals surface area contributed by atoms with E-state index >= 15 is 0 Å². The number of hydrogen-bond donors (Lipinski definition) is 1. The molecule has 1 aliphatic rings. The van der Waals surface area contributed by atoms with Crippen molar-refractivity contribution in [2.24, 2.45) is 0 Å². The standard InChI is InChI=1S/C16H24N2O3S2/c1-23(20,21)18-12-6-5-10-15(18)16(19)17-11-7-13-22-14-8-3-2-4-9-14/h2-4,8-9,15H,5-7,10-13H2,1H3,(H,17,19). The van der Waals surface area contributed by atoms with Gasteiger partial charge < -0.3 is 5.32 Å². The highest BCUT2D eigenvalue weighted by molar-refractivity contribution is 7.99. The van der Waals surface area contributed by atoms with Gasteiger partial charge in [0.1, 0.15) is 6.04 Å². The first-order chi connectivity index (χ1) is 11.0. The second-order valence-electron chi connectivity index (χ2n) is 5.69. The lowest BCUT2D eigenvalue weighted by Gasteiger charge is -2.32. The number of rotatable bonds is 7. The largest absolute Gasteiger partial charge is 0.355 e. The Morgan fingerprint density at radius 1 is 1.30 bits per heavy atom. The molecule has 0 saturated carbocycles. The summed E-state index contributed by atoms with van der Waals surface area (Å²) in [6, 6.07) is 9.59. The molecule has 1 unspecified atom stereocenters. The molecule has 1 amide bonds. The summed E-state index contributed by atoms with van der Waals surface area (Å²) in [5, 5.41) is 2.88. The van der Waals surface area contributed by atoms with Crippen LogP contribution in [0.2, 0.25) is 0 Å². The first-order valence-electron chi connectivity index (χ1n) is 7.91. The van der Waals surface area contributed by atoms with Crippen molar-refractivity contribution in [1.29, 1.82) is 0 Å². The number of carbonyl (C=O) groups excluding carboxylic acids is 1. The summed E-state index contributed by atoms with van der Waals surface area (Å²) >= 11 is 1.75. The summed E-state index contributed by atoms with van der Waals surface area (Å²) in [7, 11) is -3.32. The highest BCUT2D eigenvalue weighted by Gasteiger charge is 2.34. The van der Waals surface area contributed by atoms with Crippen LogP contribution in [0, 0.1) is 0 Å². The van der Waals surface area contributed by atoms with Gasteiger partial charge in [-0.15, -0.1) is 11.8 Å². The summed E-state index contributed by atoms with van der Waals surface area (Å²) in [6.45, 7) is 1.02. The van der Waals surface area contributed by atoms with E-state index in [9.17, 15) is 13.2 Å². The van der Waals surface area contributed by atoms with Gasteiger partial charge in [-0.25, -0.2) is 8.42 Å². The quantitative estimate of drug-likeness (QED) is 0.600. The topological polar surface area (TPSA) is 66.5 Å². The van der Waals surface area contributed by atoms with Crippen molar-refractivity contribution in [2.45, 2.75) is 36.6 Å². The van der Waals surface area contributed by atoms with Crippen molar-refractivity contribution in [3.05, 3.63) is 30.3 Å². The van der Waals surface area contributed by atoms with E-state index in [1.165, 1.54) is 15.5 Å². The van der Waals surface area contributed by atoms with Crippen LogP contribution in [0.3, 0.4) is 0 Å². The van der Waals surface area contributed by atoms with Crippen LogP contribution < -0.4 is 5.32 Å². The lowest BCUT2D eigenvalue weighted by Crippen LogP contribution is -2.51. The van der Waals surface area contributed by atoms with Crippen molar-refractivity contribution in [3.63, 3.8) is 0 Å². The van der Waals surface area contributed by atoms with Gasteiger partial charge in [0.05, 0.1) is 6.26 Å². The maximum atomic E-state index is 12.3. The Bertz CT molecular complexity index is 605. The van der Waals surface area contributed by atoms with Crippen molar-refractivity contribution in [3.8, 4) is 0 Å². The number of sulfonamides is 1. The summed E-state index contributed by atoms with van der Waals surface area (Å²) in [5.74, 6) is 0.755. The van der Waals surface area contributed by atoms with Crippen LogP contribution in [0.25, 0.3) is 0 Å². The van der Waals surface area contributed by atoms with Gasteiger partial charge in [-0.2, -0.15) is 4.31 Å². The van der Waals surface area contributed by atoms with E-state index < -0.39 is 16.1 Å². The third-order valence-electron chi connectivity index (χ3n) is 3.81. The van der Waals surface area contributed by atoms with Crippen LogP contribution in [0.5, 0.6) is 0 Å². The van der Waals surface area contributed by atoms with Crippen molar-refractivity contribution in [1.82, 2.24) is 9.62 Å². The smallest absolute Gasteiger partial charge is 0.238 e. The molecule has 0 radical (unpaired) electrons. The van der Waals surface area contributed by atoms with Gasteiger partial charge in [0.2, 0.25) is 15.9 Å². The molecule has 128 valence electrons. The number of benzene rings is 1. The van der Waals surface area contributed by atoms with Crippen LogP contribution in [0.1, 0.15) is 25.7 Å². The zero-order valence-corrected chi connectivity index (χ0v) is 15.0. The minimum atomic E-state index is -3.32. The maximum absolute atomic E-state index is 12.3. The monoisotopic (exact) mass is 356 g/mol. The van der Waals surface area contributed by atoms with E-state index in [1.807, 2.05) is 18.2 Å². The Hall–Kier alpha value is -1.05. The Morgan fingerprint density at radius 3 is 2.74 bits per heavy atom. The highest BCUT2D eigenvalue weighted by Crippen LogP contribution is 2.20. The normalized spacial score (nSPS) is 19.4. The number of thioether (sulfide) groups is 1. The fraction of sp³-hybridized carbons (Fsp3) is 0.562. The minimum Gasteiger partial charge on any atom is -0.355 e. The van der Waals surface area contributed by atoms with Gasteiger partial charge in [-0.1, -0.05) is 24.6 Å². The Balaban J connectivity index is 1.73. The molecule has 0 spiro atoms. The van der Waals surface area contributed by atoms with E-state index in [4.69, 9.17) is 0 Å². The molecule has 0 aromatic heterocycles. The SMILES string of the molecule is CS(=O)(=O)N1CCCCC1C(=O)NCCCSc1ccccc1. The molecular weight excluding hydrogens is 332 g/mol. The van der Waals surface area contributed by atoms with Crippen LogP contribution in [-0.4, -0.2) is 49.8 Å². The van der Waals surface area contributed by atoms with Crippen molar-refractivity contribution >= 4 is 27.7 Å². The summed E-state index contributed by atoms with van der Waals surface area (Å²) in [4.78, 5) is 13.5. The molecule has 5 nitrogen and oxygen atoms in total. The zero-order chi connectivity index (χ0) is 16.7. The molecule has 1 fully saturated rings. The van der Waals surface area contributed by atoms with Gasteiger partial charge >= 0.3 is 0 Å². The second-order valence-corrected chi connectivity index (χ2v) is 8.79. The molecule has 0 aliphatic carbocycles. The summed E-state index contributed by atoms with van der Waals surface area (Å²) in [6.07, 6.45) is 4.36. The van der Waals surface area contributed by atoms with Crippen LogP contribution in [-0.2, 0) is 14.8 Å². The predicted molar refractivity (Wildman–Crippen MR) is 94.0 cm³/mol. The molecule has 1 aliphatic heterocycles. The number of nitrogens with one attached hydrogen (secondary N) is 1. The Kier molecular flexibility index (Phi) is 6.92. The molecule has 1 aromatic rings. The molecule has 7 heteroatoms. The lowest BCUT2D eigenvalue weighted by atomic mass is 10.0. The molecule has 1 saturated heterocycles. The molecule has 1 N–H and O–H groups in total. The van der Waals surface area contributed by atoms with E-state index in [1.54, 1.807) is 11.8 Å². The average Bonchev–Trinajstić information content (AvgIpc) is 2.54. The third-order valence-corrected chi connectivity index (χ3v) is 6.20. The second kappa shape index (κ2) is 8.70. The van der Waals surface area contributed by atoms with Gasteiger partial charge in [0, 0.05) is 18.0 Å². The number of piperidine rings is 1. The number of nitrogens with zero attached hydrogens (tertiary/aromatic N) is 1. The predicted octanol–water partition coefficient (Wildman–Crippen LogP) is 2.10. The Labute approximate surface area is 142 Å². The van der Waals surface area contributed by atoms with E-state index in [2.05, 4.69) is 17.4 Å². The minimum absolute atomic E-state index is 0.167. The molecule has 0 bridgehead atoms. The molecular formula is C16H24N2O3S2. The average molecular weight is 357 g/mol. The molecule has 23 heavy (non-hydrogen) atoms. The van der Waals surface area contributed by atoms with Crippen molar-refractivity contribution < 1.29 is 13.2 Å². The van der Waals surface area contributed by atoms with Gasteiger partial charge in [-0.05, 0) is 37.1 Å². The molecule has 1 heterocycles. The van der Waals surface area contributed by atoms with E-state index in [0.29, 0.717) is 19.5 Å². The molecule has 2 rings (SSSR count). The highest BCUT2D eigenvalue weighted by atomic mass is 32.2. The fourth-order valence-electron chi connectivity index (χ4n) is 2.67. The summed E-state index contributed by atoms with van der Waals surface area (Å²) < 4.78 is 24.9. The fourth-order valence-corrected chi connectivity index (χ4v) is 4.67. The summed E-state index contributed by atoms with van der Waals surface area (Å²) in [5.41, 5.74) is 0. The first kappa shape index (κ1) is 18.3. The maximum Gasteiger partial charge on any atom is 0.238 e. The first-order valence-corrected chi connectivity index (χ1v) is 10.7. The van der Waals surface area contributed by atoms with Crippen LogP contribution in [0.4, 0.5) is 0 Å². The van der Waals surface area contributed by atoms with Gasteiger partial charge in [0.15, 0.2) is 0 Å². The van der Waals surface area contributed by atoms with E-state index in [-0.39, 0.29) is 5.91 Å². The van der Waals surface area contributed by atoms with Crippen LogP contribution in [0.15, 0.2) is 35.2 Å². The number of carbonyl (C=O) groups is 1. The van der Waals surface area contributed by atoms with Gasteiger partial charge in [-0.3, -0.25) is 4.79 Å². The van der Waals surface area contributed by atoms with Crippen LogP contribution >= 0.6 is 11.8 Å². The molecule has 1 atom stereocenters. The third kappa shape index (κ3) is 5.82. The number of amides is 1. The van der Waals surface area contributed by atoms with Crippen molar-refractivity contribution in [2.75, 3.05) is 25.1 Å². The Morgan fingerprint density at radius 2 is 2.04 bits per heavy atom. The zero-order valence-electron chi connectivity index (χ0n) is 13.4. The van der Waals surface area contributed by atoms with Gasteiger partial charge in [0.25, 0.3) is 0 Å².